The second-order valence-corrected chi connectivity index (χ2v) is 12.5. The number of para-hydroxylation sites is 3. The first kappa shape index (κ1) is 28.2. The number of rotatable bonds is 5. The summed E-state index contributed by atoms with van der Waals surface area (Å²) < 4.78 is 4.51. The molecule has 4 aromatic heterocycles. The molecule has 0 aliphatic heterocycles. The molecule has 0 N–H and O–H groups in total. The van der Waals surface area contributed by atoms with Crippen molar-refractivity contribution in [3.8, 4) is 45.3 Å². The van der Waals surface area contributed by atoms with Crippen molar-refractivity contribution < 1.29 is 0 Å². The van der Waals surface area contributed by atoms with Gasteiger partial charge in [0, 0.05) is 39.4 Å². The van der Waals surface area contributed by atoms with E-state index in [9.17, 15) is 0 Å². The minimum Gasteiger partial charge on any atom is -0.294 e. The van der Waals surface area contributed by atoms with Crippen LogP contribution in [-0.2, 0) is 0 Å². The quantitative estimate of drug-likeness (QED) is 0.188. The highest BCUT2D eigenvalue weighted by molar-refractivity contribution is 6.10. The van der Waals surface area contributed by atoms with Crippen LogP contribution < -0.4 is 0 Å². The number of pyridine rings is 1. The largest absolute Gasteiger partial charge is 0.294 e. The van der Waals surface area contributed by atoms with Crippen molar-refractivity contribution in [1.82, 2.24) is 24.1 Å². The zero-order valence-corrected chi connectivity index (χ0v) is 27.0. The van der Waals surface area contributed by atoms with Gasteiger partial charge in [-0.3, -0.25) is 14.1 Å². The maximum Gasteiger partial charge on any atom is 0.165 e. The topological polar surface area (TPSA) is 48.5 Å². The van der Waals surface area contributed by atoms with Gasteiger partial charge < -0.3 is 0 Å². The molecule has 0 spiro atoms. The van der Waals surface area contributed by atoms with Crippen molar-refractivity contribution in [3.63, 3.8) is 0 Å². The molecular weight excluding hydrogens is 611 g/mol. The third-order valence-corrected chi connectivity index (χ3v) is 9.67. The van der Waals surface area contributed by atoms with Crippen molar-refractivity contribution >= 4 is 43.6 Å². The molecule has 5 heteroatoms. The van der Waals surface area contributed by atoms with Gasteiger partial charge in [-0.25, -0.2) is 9.97 Å². The van der Waals surface area contributed by atoms with E-state index in [0.29, 0.717) is 5.82 Å². The molecule has 234 valence electrons. The zero-order valence-electron chi connectivity index (χ0n) is 27.0. The van der Waals surface area contributed by atoms with Crippen LogP contribution in [-0.4, -0.2) is 24.1 Å². The fourth-order valence-electron chi connectivity index (χ4n) is 7.51. The number of fused-ring (bicyclic) bond motifs is 6. The van der Waals surface area contributed by atoms with Crippen LogP contribution in [0.2, 0.25) is 0 Å². The first-order valence-corrected chi connectivity index (χ1v) is 16.8. The predicted octanol–water partition coefficient (Wildman–Crippen LogP) is 11.1. The predicted molar refractivity (Wildman–Crippen MR) is 205 cm³/mol. The summed E-state index contributed by atoms with van der Waals surface area (Å²) in [5.74, 6) is 2.21. The Bertz CT molecular complexity index is 2570. The van der Waals surface area contributed by atoms with E-state index in [1.54, 1.807) is 0 Å². The number of hydrogen-bond acceptors (Lipinski definition) is 3. The average Bonchev–Trinajstić information content (AvgIpc) is 3.71. The van der Waals surface area contributed by atoms with Crippen molar-refractivity contribution in [2.75, 3.05) is 0 Å². The van der Waals surface area contributed by atoms with Crippen molar-refractivity contribution in [3.05, 3.63) is 176 Å². The van der Waals surface area contributed by atoms with E-state index in [4.69, 9.17) is 9.97 Å². The third kappa shape index (κ3) is 4.37. The Labute approximate surface area is 288 Å². The van der Waals surface area contributed by atoms with Gasteiger partial charge in [-0.1, -0.05) is 133 Å². The van der Waals surface area contributed by atoms with Crippen LogP contribution in [0.3, 0.4) is 0 Å². The molecule has 4 heterocycles. The van der Waals surface area contributed by atoms with Crippen LogP contribution in [0.1, 0.15) is 0 Å². The summed E-state index contributed by atoms with van der Waals surface area (Å²) in [5.41, 5.74) is 9.57. The second-order valence-electron chi connectivity index (χ2n) is 12.5. The Morgan fingerprint density at radius 3 is 1.34 bits per heavy atom. The first-order chi connectivity index (χ1) is 24.8. The molecule has 5 nitrogen and oxygen atoms in total. The standard InChI is InChI=1S/C45H29N5/c1-3-14-30(15-4-1)32-21-13-22-33(31-16-5-2-6-17-31)44(32)45-47-42(49-38-23-10-7-18-34(38)35-19-8-11-24-39(35)49)28-43(48-45)50-40-25-12-9-20-36(40)37-26-27-46-29-41(37)50/h1-29H. The van der Waals surface area contributed by atoms with Crippen LogP contribution in [0.4, 0.5) is 0 Å². The molecule has 0 fully saturated rings. The number of aromatic nitrogens is 5. The van der Waals surface area contributed by atoms with E-state index < -0.39 is 0 Å². The van der Waals surface area contributed by atoms with Gasteiger partial charge in [-0.2, -0.15) is 0 Å². The Kier molecular flexibility index (Phi) is 6.42. The Hall–Kier alpha value is -6.85. The monoisotopic (exact) mass is 639 g/mol. The van der Waals surface area contributed by atoms with Gasteiger partial charge in [-0.15, -0.1) is 0 Å². The molecule has 0 aliphatic rings. The van der Waals surface area contributed by atoms with E-state index >= 15 is 0 Å². The lowest BCUT2D eigenvalue weighted by Gasteiger charge is -2.18. The molecule has 0 saturated carbocycles. The second kappa shape index (κ2) is 11.4. The van der Waals surface area contributed by atoms with Crippen LogP contribution in [0.25, 0.3) is 88.9 Å². The summed E-state index contributed by atoms with van der Waals surface area (Å²) in [6, 6.07) is 57.4. The lowest BCUT2D eigenvalue weighted by molar-refractivity contribution is 0.993. The van der Waals surface area contributed by atoms with Crippen LogP contribution in [0.5, 0.6) is 0 Å². The van der Waals surface area contributed by atoms with E-state index in [1.165, 1.54) is 10.8 Å². The number of benzene rings is 6. The number of nitrogens with zero attached hydrogens (tertiary/aromatic N) is 5. The molecule has 50 heavy (non-hydrogen) atoms. The Morgan fingerprint density at radius 2 is 0.820 bits per heavy atom. The molecule has 0 aliphatic carbocycles. The van der Waals surface area contributed by atoms with Crippen LogP contribution >= 0.6 is 0 Å². The first-order valence-electron chi connectivity index (χ1n) is 16.8. The minimum absolute atomic E-state index is 0.646. The fourth-order valence-corrected chi connectivity index (χ4v) is 7.51. The van der Waals surface area contributed by atoms with Crippen molar-refractivity contribution in [1.29, 1.82) is 0 Å². The highest BCUT2D eigenvalue weighted by atomic mass is 15.1. The molecule has 0 saturated heterocycles. The average molecular weight is 640 g/mol. The summed E-state index contributed by atoms with van der Waals surface area (Å²) in [4.78, 5) is 15.6. The van der Waals surface area contributed by atoms with Crippen LogP contribution in [0.15, 0.2) is 176 Å². The molecular formula is C45H29N5. The van der Waals surface area contributed by atoms with E-state index in [0.717, 1.165) is 72.3 Å². The maximum absolute atomic E-state index is 5.51. The van der Waals surface area contributed by atoms with E-state index in [1.807, 2.05) is 12.4 Å². The normalized spacial score (nSPS) is 11.6. The van der Waals surface area contributed by atoms with Gasteiger partial charge in [0.1, 0.15) is 11.6 Å². The SMILES string of the molecule is c1ccc(-c2cccc(-c3ccccc3)c2-c2nc(-n3c4ccccc4c4ccccc43)cc(-n3c4ccccc4c4ccncc43)n2)cc1. The molecule has 0 amide bonds. The molecule has 6 aromatic carbocycles. The zero-order chi connectivity index (χ0) is 33.0. The molecule has 0 atom stereocenters. The summed E-state index contributed by atoms with van der Waals surface area (Å²) in [5, 5.41) is 4.64. The molecule has 10 aromatic rings. The maximum atomic E-state index is 5.51. The van der Waals surface area contributed by atoms with Crippen molar-refractivity contribution in [2.45, 2.75) is 0 Å². The Morgan fingerprint density at radius 1 is 0.380 bits per heavy atom. The number of hydrogen-bond donors (Lipinski definition) is 0. The van der Waals surface area contributed by atoms with Gasteiger partial charge in [0.2, 0.25) is 0 Å². The molecule has 0 bridgehead atoms. The third-order valence-electron chi connectivity index (χ3n) is 9.67. The van der Waals surface area contributed by atoms with Crippen molar-refractivity contribution in [2.24, 2.45) is 0 Å². The lowest BCUT2D eigenvalue weighted by atomic mass is 9.91. The van der Waals surface area contributed by atoms with Gasteiger partial charge in [0.15, 0.2) is 5.82 Å². The summed E-state index contributed by atoms with van der Waals surface area (Å²) >= 11 is 0. The smallest absolute Gasteiger partial charge is 0.165 e. The molecule has 0 radical (unpaired) electrons. The highest BCUT2D eigenvalue weighted by Gasteiger charge is 2.22. The van der Waals surface area contributed by atoms with Crippen LogP contribution in [0, 0.1) is 0 Å². The highest BCUT2D eigenvalue weighted by Crippen LogP contribution is 2.41. The summed E-state index contributed by atoms with van der Waals surface area (Å²) in [7, 11) is 0. The minimum atomic E-state index is 0.646. The lowest BCUT2D eigenvalue weighted by Crippen LogP contribution is -2.07. The van der Waals surface area contributed by atoms with E-state index in [-0.39, 0.29) is 0 Å². The van der Waals surface area contributed by atoms with Gasteiger partial charge >= 0.3 is 0 Å². The van der Waals surface area contributed by atoms with Gasteiger partial charge in [-0.05, 0) is 46.5 Å². The molecule has 10 rings (SSSR count). The van der Waals surface area contributed by atoms with Gasteiger partial charge in [0.25, 0.3) is 0 Å². The molecule has 0 unspecified atom stereocenters. The van der Waals surface area contributed by atoms with E-state index in [2.05, 4.69) is 178 Å². The fraction of sp³-hybridized carbons (Fsp3) is 0. The Balaban J connectivity index is 1.37. The van der Waals surface area contributed by atoms with Gasteiger partial charge in [0.05, 0.1) is 28.3 Å². The summed E-state index contributed by atoms with van der Waals surface area (Å²) in [6.45, 7) is 0. The summed E-state index contributed by atoms with van der Waals surface area (Å²) in [6.07, 6.45) is 3.79.